The summed E-state index contributed by atoms with van der Waals surface area (Å²) in [5, 5.41) is 11.1. The number of aliphatic carboxylic acids is 1. The van der Waals surface area contributed by atoms with Crippen molar-refractivity contribution < 1.29 is 18.9 Å². The Bertz CT molecular complexity index is 1680. The van der Waals surface area contributed by atoms with Gasteiger partial charge in [0.1, 0.15) is 18.0 Å². The number of carboxylic acids is 1. The van der Waals surface area contributed by atoms with E-state index in [2.05, 4.69) is 67.9 Å². The lowest BCUT2D eigenvalue weighted by Gasteiger charge is -2.48. The van der Waals surface area contributed by atoms with Crippen LogP contribution in [0.1, 0.15) is 52.5 Å². The zero-order chi connectivity index (χ0) is 27.6. The fourth-order valence-electron chi connectivity index (χ4n) is 7.10. The smallest absolute Gasteiger partial charge is 0.423 e. The van der Waals surface area contributed by atoms with Gasteiger partial charge in [0.25, 0.3) is 0 Å². The van der Waals surface area contributed by atoms with Gasteiger partial charge in [-0.3, -0.25) is 9.69 Å². The number of pyridine rings is 1. The van der Waals surface area contributed by atoms with Gasteiger partial charge in [-0.25, -0.2) is 4.79 Å². The number of benzene rings is 1. The second-order valence-corrected chi connectivity index (χ2v) is 11.9. The molecule has 204 valence electrons. The summed E-state index contributed by atoms with van der Waals surface area (Å²) < 4.78 is 8.43. The molecule has 5 aliphatic rings. The molecule has 0 fully saturated rings. The lowest BCUT2D eigenvalue weighted by atomic mass is 9.78. The molecule has 4 heterocycles. The van der Waals surface area contributed by atoms with Crippen molar-refractivity contribution in [3.05, 3.63) is 56.4 Å². The first-order chi connectivity index (χ1) is 18.6. The molecule has 2 atom stereocenters. The molecule has 1 N–H and O–H groups in total. The summed E-state index contributed by atoms with van der Waals surface area (Å²) in [6.07, 6.45) is 9.59. The Balaban J connectivity index is 1.56. The van der Waals surface area contributed by atoms with Crippen LogP contribution in [-0.4, -0.2) is 47.2 Å². The number of hydrogen-bond donors (Lipinski definition) is 1. The number of hydrogen-bond acceptors (Lipinski definition) is 5. The van der Waals surface area contributed by atoms with Crippen molar-refractivity contribution in [2.24, 2.45) is 13.0 Å². The van der Waals surface area contributed by atoms with Gasteiger partial charge in [0.15, 0.2) is 5.76 Å². The van der Waals surface area contributed by atoms with E-state index >= 15 is 0 Å². The van der Waals surface area contributed by atoms with Crippen LogP contribution in [0.25, 0.3) is 34.4 Å². The first-order valence-corrected chi connectivity index (χ1v) is 14.2. The predicted molar refractivity (Wildman–Crippen MR) is 153 cm³/mol. The van der Waals surface area contributed by atoms with Crippen LogP contribution in [0.5, 0.6) is 0 Å². The fraction of sp³-hybridized carbons (Fsp3) is 0.469. The topological polar surface area (TPSA) is 77.9 Å². The molecule has 0 bridgehead atoms. The second kappa shape index (κ2) is 9.33. The zero-order valence-corrected chi connectivity index (χ0v) is 23.6. The molecule has 0 aromatic heterocycles. The van der Waals surface area contributed by atoms with Gasteiger partial charge in [-0.2, -0.15) is 4.57 Å². The highest BCUT2D eigenvalue weighted by Crippen LogP contribution is 2.38. The molecule has 1 aromatic carbocycles. The number of rotatable bonds is 5. The fourth-order valence-corrected chi connectivity index (χ4v) is 7.10. The monoisotopic (exact) mass is 528 g/mol. The van der Waals surface area contributed by atoms with Crippen LogP contribution in [0.4, 0.5) is 5.69 Å². The van der Waals surface area contributed by atoms with Crippen LogP contribution < -0.4 is 25.7 Å². The largest absolute Gasteiger partial charge is 0.481 e. The van der Waals surface area contributed by atoms with Gasteiger partial charge < -0.3 is 14.4 Å². The minimum Gasteiger partial charge on any atom is -0.481 e. The van der Waals surface area contributed by atoms with Gasteiger partial charge in [-0.15, -0.1) is 0 Å². The molecule has 1 aromatic rings. The third kappa shape index (κ3) is 4.18. The number of fused-ring (bicyclic) bond motifs is 6. The van der Waals surface area contributed by atoms with E-state index in [9.17, 15) is 14.7 Å². The highest BCUT2D eigenvalue weighted by molar-refractivity contribution is 5.93. The second-order valence-electron chi connectivity index (χ2n) is 11.9. The van der Waals surface area contributed by atoms with Gasteiger partial charge >= 0.3 is 11.5 Å². The summed E-state index contributed by atoms with van der Waals surface area (Å²) in [4.78, 5) is 29.6. The highest BCUT2D eigenvalue weighted by Gasteiger charge is 2.40. The predicted octanol–water partition coefficient (Wildman–Crippen LogP) is 2.96. The van der Waals surface area contributed by atoms with E-state index in [1.807, 2.05) is 13.1 Å². The van der Waals surface area contributed by atoms with Crippen molar-refractivity contribution in [1.29, 1.82) is 0 Å². The van der Waals surface area contributed by atoms with E-state index in [-0.39, 0.29) is 29.5 Å². The Labute approximate surface area is 228 Å². The molecule has 0 saturated carbocycles. The number of carbonyl (C=O) groups is 1. The lowest BCUT2D eigenvalue weighted by Crippen LogP contribution is -2.57. The molecule has 4 aliphatic heterocycles. The normalized spacial score (nSPS) is 22.0. The molecule has 1 aliphatic carbocycles. The van der Waals surface area contributed by atoms with Crippen molar-refractivity contribution in [2.75, 3.05) is 24.5 Å². The maximum Gasteiger partial charge on any atom is 0.423 e. The van der Waals surface area contributed by atoms with Crippen molar-refractivity contribution >= 4 is 34.7 Å². The number of anilines is 1. The average molecular weight is 529 g/mol. The Morgan fingerprint density at radius 2 is 2.03 bits per heavy atom. The summed E-state index contributed by atoms with van der Waals surface area (Å²) in [7, 11) is 1.85. The lowest BCUT2D eigenvalue weighted by molar-refractivity contribution is -0.658. The molecule has 0 amide bonds. The molecular weight excluding hydrogens is 490 g/mol. The quantitative estimate of drug-likeness (QED) is 0.312. The molecule has 2 unspecified atom stereocenters. The Kier molecular flexibility index (Phi) is 6.18. The van der Waals surface area contributed by atoms with E-state index in [1.165, 1.54) is 16.8 Å². The first kappa shape index (κ1) is 25.8. The zero-order valence-electron chi connectivity index (χ0n) is 23.6. The maximum atomic E-state index is 13.6. The summed E-state index contributed by atoms with van der Waals surface area (Å²) in [5.41, 5.74) is 5.81. The van der Waals surface area contributed by atoms with Gasteiger partial charge in [0.05, 0.1) is 5.39 Å². The van der Waals surface area contributed by atoms with Crippen LogP contribution >= 0.6 is 0 Å². The number of aromatic nitrogens is 1. The minimum absolute atomic E-state index is 0.0503. The van der Waals surface area contributed by atoms with Gasteiger partial charge in [0, 0.05) is 60.5 Å². The number of nitrogens with zero attached hydrogens (tertiary/aromatic N) is 3. The maximum absolute atomic E-state index is 13.6. The van der Waals surface area contributed by atoms with Crippen molar-refractivity contribution in [2.45, 2.75) is 65.0 Å². The summed E-state index contributed by atoms with van der Waals surface area (Å²) in [5.74, 6) is 0.0160. The molecule has 6 rings (SSSR count). The average Bonchev–Trinajstić information content (AvgIpc) is 2.90. The number of carboxylic acid groups (broad SMARTS) is 1. The van der Waals surface area contributed by atoms with Crippen LogP contribution in [0, 0.1) is 5.92 Å². The van der Waals surface area contributed by atoms with Crippen LogP contribution in [0.2, 0.25) is 0 Å². The van der Waals surface area contributed by atoms with Crippen molar-refractivity contribution in [3.63, 3.8) is 0 Å². The molecular formula is C32H38N3O4+. The van der Waals surface area contributed by atoms with Crippen molar-refractivity contribution in [3.8, 4) is 11.3 Å². The molecule has 0 spiro atoms. The van der Waals surface area contributed by atoms with E-state index in [1.54, 1.807) is 4.57 Å². The van der Waals surface area contributed by atoms with E-state index in [4.69, 9.17) is 4.42 Å². The third-order valence-electron chi connectivity index (χ3n) is 9.02. The molecule has 7 heteroatoms. The number of aryl methyl sites for hydroxylation is 2. The summed E-state index contributed by atoms with van der Waals surface area (Å²) in [6.45, 7) is 11.4. The van der Waals surface area contributed by atoms with Crippen LogP contribution in [-0.2, 0) is 18.3 Å². The third-order valence-corrected chi connectivity index (χ3v) is 9.02. The Hall–Kier alpha value is -3.45. The standard InChI is InChI=1S/C32H37N3O4/c1-6-34-11-7-9-20-13-23-26(16-25(20)34)33(5)31(38)24-15-21-14-22-19(2)18-32(3,4)35(12-8-10-29(36)37)27(22)17-28(21)39-30(23)24/h13-18,22,27H,6-12H2,1-5H3/p+1. The molecule has 0 saturated heterocycles. The van der Waals surface area contributed by atoms with Gasteiger partial charge in [-0.05, 0) is 70.7 Å². The van der Waals surface area contributed by atoms with Gasteiger partial charge in [-0.1, -0.05) is 17.7 Å². The van der Waals surface area contributed by atoms with Crippen LogP contribution in [0.3, 0.4) is 0 Å². The SMILES string of the molecule is CCN1CCCc2cc3c4oc5c(cc-4c(=O)[n+](C)c3cc21)=CC1C(C)=CC(C)(C)N(CCCC(=O)O)C1C=5. The van der Waals surface area contributed by atoms with Crippen LogP contribution in [0.15, 0.2) is 39.1 Å². The first-order valence-electron chi connectivity index (χ1n) is 14.2. The summed E-state index contributed by atoms with van der Waals surface area (Å²) >= 11 is 0. The highest BCUT2D eigenvalue weighted by atomic mass is 16.4. The molecule has 0 radical (unpaired) electrons. The molecule has 39 heavy (non-hydrogen) atoms. The molecule has 7 nitrogen and oxygen atoms in total. The minimum atomic E-state index is -0.767. The van der Waals surface area contributed by atoms with E-state index in [0.29, 0.717) is 24.3 Å². The van der Waals surface area contributed by atoms with Crippen molar-refractivity contribution in [1.82, 2.24) is 4.90 Å². The van der Waals surface area contributed by atoms with Gasteiger partial charge in [0.2, 0.25) is 5.52 Å². The van der Waals surface area contributed by atoms with E-state index < -0.39 is 5.97 Å². The summed E-state index contributed by atoms with van der Waals surface area (Å²) in [6, 6.07) is 6.45. The Morgan fingerprint density at radius 1 is 1.23 bits per heavy atom. The Morgan fingerprint density at radius 3 is 2.77 bits per heavy atom. The van der Waals surface area contributed by atoms with E-state index in [0.717, 1.165) is 47.5 Å².